The lowest BCUT2D eigenvalue weighted by atomic mass is 10.2. The molecule has 0 fully saturated rings. The van der Waals surface area contributed by atoms with E-state index in [4.69, 9.17) is 4.74 Å². The maximum atomic E-state index is 12.4. The number of benzene rings is 2. The zero-order chi connectivity index (χ0) is 17.9. The minimum absolute atomic E-state index is 0.199. The van der Waals surface area contributed by atoms with Crippen LogP contribution in [0.1, 0.15) is 10.4 Å². The molecule has 0 spiro atoms. The molecular weight excluding hydrogens is 328 g/mol. The molecule has 0 radical (unpaired) electrons. The smallest absolute Gasteiger partial charge is 0.255 e. The van der Waals surface area contributed by atoms with Crippen molar-refractivity contribution in [2.24, 2.45) is 0 Å². The lowest BCUT2D eigenvalue weighted by Crippen LogP contribution is -2.11. The van der Waals surface area contributed by atoms with Gasteiger partial charge >= 0.3 is 0 Å². The molecule has 128 valence electrons. The third-order valence-electron chi connectivity index (χ3n) is 4.01. The summed E-state index contributed by atoms with van der Waals surface area (Å²) in [5, 5.41) is 2.90. The van der Waals surface area contributed by atoms with E-state index in [-0.39, 0.29) is 5.91 Å². The molecule has 4 aromatic rings. The first-order valence-electron chi connectivity index (χ1n) is 8.08. The summed E-state index contributed by atoms with van der Waals surface area (Å²) in [6.07, 6.45) is 3.47. The van der Waals surface area contributed by atoms with Crippen molar-refractivity contribution in [1.29, 1.82) is 0 Å². The summed E-state index contributed by atoms with van der Waals surface area (Å²) in [6.45, 7) is 0. The molecule has 1 amide bonds. The molecule has 0 unspecified atom stereocenters. The fourth-order valence-corrected chi connectivity index (χ4v) is 2.69. The first kappa shape index (κ1) is 15.8. The first-order chi connectivity index (χ1) is 12.7. The Morgan fingerprint density at radius 3 is 2.85 bits per heavy atom. The maximum absolute atomic E-state index is 12.4. The van der Waals surface area contributed by atoms with Gasteiger partial charge in [-0.05, 0) is 48.5 Å². The highest BCUT2D eigenvalue weighted by Crippen LogP contribution is 2.23. The van der Waals surface area contributed by atoms with Crippen LogP contribution in [0.25, 0.3) is 22.4 Å². The third-order valence-corrected chi connectivity index (χ3v) is 4.01. The number of anilines is 1. The van der Waals surface area contributed by atoms with Crippen LogP contribution >= 0.6 is 0 Å². The monoisotopic (exact) mass is 344 g/mol. The predicted molar refractivity (Wildman–Crippen MR) is 100 cm³/mol. The Balaban J connectivity index is 1.60. The van der Waals surface area contributed by atoms with Gasteiger partial charge in [0.05, 0.1) is 18.1 Å². The topological polar surface area (TPSA) is 79.9 Å². The number of methoxy groups -OCH3 is 1. The largest absolute Gasteiger partial charge is 0.497 e. The standard InChI is InChI=1S/C20H16N4O2/c1-26-16-6-2-4-13(10-16)20(25)22-15-7-8-17-18(11-15)24-19(23-17)14-5-3-9-21-12-14/h2-12H,1H3,(H,22,25)(H,23,24). The SMILES string of the molecule is COc1cccc(C(=O)Nc2ccc3nc(-c4cccnc4)[nH]c3c2)c1. The number of fused-ring (bicyclic) bond motifs is 1. The summed E-state index contributed by atoms with van der Waals surface area (Å²) in [6, 6.07) is 16.4. The number of pyridine rings is 1. The molecule has 2 heterocycles. The summed E-state index contributed by atoms with van der Waals surface area (Å²) >= 11 is 0. The normalized spacial score (nSPS) is 10.7. The van der Waals surface area contributed by atoms with Crippen molar-refractivity contribution < 1.29 is 9.53 Å². The van der Waals surface area contributed by atoms with Crippen molar-refractivity contribution in [2.75, 3.05) is 12.4 Å². The van der Waals surface area contributed by atoms with E-state index in [2.05, 4.69) is 20.3 Å². The second-order valence-corrected chi connectivity index (χ2v) is 5.75. The molecule has 2 aromatic carbocycles. The Kier molecular flexibility index (Phi) is 4.07. The summed E-state index contributed by atoms with van der Waals surface area (Å²) < 4.78 is 5.16. The number of hydrogen-bond donors (Lipinski definition) is 2. The van der Waals surface area contributed by atoms with Crippen molar-refractivity contribution >= 4 is 22.6 Å². The van der Waals surface area contributed by atoms with E-state index in [1.54, 1.807) is 43.8 Å². The molecule has 0 bridgehead atoms. The summed E-state index contributed by atoms with van der Waals surface area (Å²) in [5.74, 6) is 1.18. The molecule has 6 heteroatoms. The predicted octanol–water partition coefficient (Wildman–Crippen LogP) is 3.89. The van der Waals surface area contributed by atoms with Gasteiger partial charge in [0, 0.05) is 29.2 Å². The Morgan fingerprint density at radius 2 is 2.04 bits per heavy atom. The molecule has 0 atom stereocenters. The van der Waals surface area contributed by atoms with Crippen LogP contribution in [-0.4, -0.2) is 28.0 Å². The highest BCUT2D eigenvalue weighted by atomic mass is 16.5. The van der Waals surface area contributed by atoms with E-state index in [0.717, 1.165) is 22.4 Å². The number of carbonyl (C=O) groups is 1. The van der Waals surface area contributed by atoms with Gasteiger partial charge in [0.1, 0.15) is 11.6 Å². The Bertz CT molecular complexity index is 1070. The number of aromatic nitrogens is 3. The quantitative estimate of drug-likeness (QED) is 0.589. The minimum Gasteiger partial charge on any atom is -0.497 e. The van der Waals surface area contributed by atoms with Crippen molar-refractivity contribution in [1.82, 2.24) is 15.0 Å². The van der Waals surface area contributed by atoms with Crippen LogP contribution in [0.5, 0.6) is 5.75 Å². The maximum Gasteiger partial charge on any atom is 0.255 e. The van der Waals surface area contributed by atoms with Crippen molar-refractivity contribution in [3.05, 3.63) is 72.6 Å². The average molecular weight is 344 g/mol. The molecule has 0 aliphatic carbocycles. The highest BCUT2D eigenvalue weighted by molar-refractivity contribution is 6.05. The van der Waals surface area contributed by atoms with Gasteiger partial charge in [-0.25, -0.2) is 4.98 Å². The van der Waals surface area contributed by atoms with Crippen LogP contribution in [0.15, 0.2) is 67.0 Å². The van der Waals surface area contributed by atoms with Gasteiger partial charge in [-0.3, -0.25) is 9.78 Å². The van der Waals surface area contributed by atoms with Gasteiger partial charge in [0.25, 0.3) is 5.91 Å². The van der Waals surface area contributed by atoms with Crippen molar-refractivity contribution in [3.8, 4) is 17.1 Å². The van der Waals surface area contributed by atoms with Crippen LogP contribution in [-0.2, 0) is 0 Å². The molecule has 0 saturated carbocycles. The number of rotatable bonds is 4. The van der Waals surface area contributed by atoms with Gasteiger partial charge in [-0.2, -0.15) is 0 Å². The fraction of sp³-hybridized carbons (Fsp3) is 0.0500. The zero-order valence-electron chi connectivity index (χ0n) is 14.1. The van der Waals surface area contributed by atoms with Crippen LogP contribution < -0.4 is 10.1 Å². The van der Waals surface area contributed by atoms with E-state index in [1.807, 2.05) is 30.3 Å². The van der Waals surface area contributed by atoms with E-state index in [9.17, 15) is 4.79 Å². The Labute approximate surface area is 149 Å². The third kappa shape index (κ3) is 3.12. The van der Waals surface area contributed by atoms with Crippen molar-refractivity contribution in [2.45, 2.75) is 0 Å². The van der Waals surface area contributed by atoms with Crippen LogP contribution in [0, 0.1) is 0 Å². The molecule has 2 aromatic heterocycles. The Hall–Kier alpha value is -3.67. The molecule has 2 N–H and O–H groups in total. The average Bonchev–Trinajstić information content (AvgIpc) is 3.12. The van der Waals surface area contributed by atoms with Gasteiger partial charge in [0.15, 0.2) is 0 Å². The second kappa shape index (κ2) is 6.68. The molecule has 0 saturated heterocycles. The molecular formula is C20H16N4O2. The molecule has 0 aliphatic heterocycles. The number of nitrogens with one attached hydrogen (secondary N) is 2. The summed E-state index contributed by atoms with van der Waals surface area (Å²) in [5.41, 5.74) is 3.79. The zero-order valence-corrected chi connectivity index (χ0v) is 14.1. The van der Waals surface area contributed by atoms with E-state index in [0.29, 0.717) is 17.0 Å². The van der Waals surface area contributed by atoms with Gasteiger partial charge < -0.3 is 15.0 Å². The summed E-state index contributed by atoms with van der Waals surface area (Å²) in [7, 11) is 1.57. The van der Waals surface area contributed by atoms with Gasteiger partial charge in [0.2, 0.25) is 0 Å². The van der Waals surface area contributed by atoms with Crippen LogP contribution in [0.3, 0.4) is 0 Å². The molecule has 0 aliphatic rings. The molecule has 26 heavy (non-hydrogen) atoms. The highest BCUT2D eigenvalue weighted by Gasteiger charge is 2.10. The van der Waals surface area contributed by atoms with Gasteiger partial charge in [-0.1, -0.05) is 6.07 Å². The molecule has 4 rings (SSSR count). The number of ether oxygens (including phenoxy) is 1. The van der Waals surface area contributed by atoms with Crippen LogP contribution in [0.2, 0.25) is 0 Å². The van der Waals surface area contributed by atoms with Crippen LogP contribution in [0.4, 0.5) is 5.69 Å². The number of amides is 1. The van der Waals surface area contributed by atoms with E-state index in [1.165, 1.54) is 0 Å². The lowest BCUT2D eigenvalue weighted by Gasteiger charge is -2.06. The van der Waals surface area contributed by atoms with E-state index < -0.39 is 0 Å². The van der Waals surface area contributed by atoms with Crippen molar-refractivity contribution in [3.63, 3.8) is 0 Å². The number of nitrogens with zero attached hydrogens (tertiary/aromatic N) is 2. The number of carbonyl (C=O) groups excluding carboxylic acids is 1. The number of H-pyrrole nitrogens is 1. The second-order valence-electron chi connectivity index (χ2n) is 5.75. The number of imidazole rings is 1. The van der Waals surface area contributed by atoms with Gasteiger partial charge in [-0.15, -0.1) is 0 Å². The summed E-state index contributed by atoms with van der Waals surface area (Å²) in [4.78, 5) is 24.4. The van der Waals surface area contributed by atoms with E-state index >= 15 is 0 Å². The Morgan fingerprint density at radius 1 is 1.12 bits per heavy atom. The molecule has 6 nitrogen and oxygen atoms in total. The number of aromatic amines is 1. The fourth-order valence-electron chi connectivity index (χ4n) is 2.69. The first-order valence-corrected chi connectivity index (χ1v) is 8.08. The minimum atomic E-state index is -0.199. The number of hydrogen-bond acceptors (Lipinski definition) is 4. The lowest BCUT2D eigenvalue weighted by molar-refractivity contribution is 0.102.